The van der Waals surface area contributed by atoms with Crippen molar-refractivity contribution in [1.82, 2.24) is 15.2 Å². The van der Waals surface area contributed by atoms with Crippen LogP contribution in [-0.4, -0.2) is 48.0 Å². The lowest BCUT2D eigenvalue weighted by molar-refractivity contribution is -0.128. The highest BCUT2D eigenvalue weighted by molar-refractivity contribution is 6.31. The molecular weight excluding hydrogens is 566 g/mol. The maximum atomic E-state index is 14.7. The van der Waals surface area contributed by atoms with Gasteiger partial charge in [-0.05, 0) is 72.4 Å². The van der Waals surface area contributed by atoms with Gasteiger partial charge in [0.25, 0.3) is 5.91 Å². The zero-order chi connectivity index (χ0) is 29.8. The maximum Gasteiger partial charge on any atom is 0.411 e. The van der Waals surface area contributed by atoms with Gasteiger partial charge in [0, 0.05) is 36.6 Å². The van der Waals surface area contributed by atoms with Gasteiger partial charge in [0.1, 0.15) is 5.82 Å². The normalized spacial score (nSPS) is 18.0. The van der Waals surface area contributed by atoms with Gasteiger partial charge in [-0.1, -0.05) is 29.8 Å². The largest absolute Gasteiger partial charge is 0.453 e. The summed E-state index contributed by atoms with van der Waals surface area (Å²) < 4.78 is 33.9. The van der Waals surface area contributed by atoms with Gasteiger partial charge in [0.2, 0.25) is 5.91 Å². The van der Waals surface area contributed by atoms with E-state index < -0.39 is 29.7 Å². The standard InChI is InChI=1S/C31H27ClF2N4O4/c1-42-31(41)37-20-6-7-21-18-10-13-35-25(15-18)26(5-3-2-4-12-36-30(40)22(21)17-20)38-14-11-19(16-27(38)39)28-24(33)9-8-23(32)29(28)34/h2-3,6-10,13,15-17,26H,4-5,11-12,14H2,1H3,(H,36,40)(H,37,41)/b3-2-/t26-/m0/s1. The van der Waals surface area contributed by atoms with Crippen LogP contribution in [0, 0.1) is 11.6 Å². The van der Waals surface area contributed by atoms with Crippen LogP contribution in [0.5, 0.6) is 0 Å². The first-order chi connectivity index (χ1) is 20.3. The summed E-state index contributed by atoms with van der Waals surface area (Å²) in [6, 6.07) is 10.3. The molecule has 0 fully saturated rings. The lowest BCUT2D eigenvalue weighted by Gasteiger charge is -2.34. The molecular formula is C31H27ClF2N4O4. The predicted octanol–water partition coefficient (Wildman–Crippen LogP) is 6.30. The summed E-state index contributed by atoms with van der Waals surface area (Å²) in [7, 11) is 1.25. The van der Waals surface area contributed by atoms with Crippen LogP contribution in [0.4, 0.5) is 19.3 Å². The van der Waals surface area contributed by atoms with Crippen molar-refractivity contribution in [2.24, 2.45) is 0 Å². The number of nitrogens with zero attached hydrogens (tertiary/aromatic N) is 2. The number of anilines is 1. The van der Waals surface area contributed by atoms with Crippen molar-refractivity contribution >= 4 is 40.8 Å². The molecule has 2 aliphatic rings. The van der Waals surface area contributed by atoms with Crippen LogP contribution in [0.15, 0.2) is 66.9 Å². The molecule has 216 valence electrons. The molecule has 1 aromatic heterocycles. The molecule has 5 rings (SSSR count). The smallest absolute Gasteiger partial charge is 0.411 e. The Labute approximate surface area is 246 Å². The fourth-order valence-electron chi connectivity index (χ4n) is 5.13. The zero-order valence-electron chi connectivity index (χ0n) is 22.6. The number of methoxy groups -OCH3 is 1. The van der Waals surface area contributed by atoms with E-state index in [0.717, 1.165) is 12.1 Å². The van der Waals surface area contributed by atoms with Gasteiger partial charge in [0.05, 0.1) is 29.4 Å². The van der Waals surface area contributed by atoms with Crippen molar-refractivity contribution in [2.45, 2.75) is 25.3 Å². The Bertz CT molecular complexity index is 1620. The molecule has 42 heavy (non-hydrogen) atoms. The van der Waals surface area contributed by atoms with Crippen LogP contribution in [0.2, 0.25) is 5.02 Å². The Morgan fingerprint density at radius 2 is 1.95 bits per heavy atom. The number of hydrogen-bond donors (Lipinski definition) is 2. The third-order valence-electron chi connectivity index (χ3n) is 7.20. The molecule has 0 saturated heterocycles. The number of pyridine rings is 1. The molecule has 8 nitrogen and oxygen atoms in total. The topological polar surface area (TPSA) is 101 Å². The van der Waals surface area contributed by atoms with E-state index in [0.29, 0.717) is 47.5 Å². The second kappa shape index (κ2) is 12.5. The summed E-state index contributed by atoms with van der Waals surface area (Å²) in [4.78, 5) is 44.5. The summed E-state index contributed by atoms with van der Waals surface area (Å²) in [6.07, 6.45) is 7.24. The van der Waals surface area contributed by atoms with E-state index in [4.69, 9.17) is 11.6 Å². The van der Waals surface area contributed by atoms with Gasteiger partial charge < -0.3 is 15.0 Å². The number of hydrogen-bond acceptors (Lipinski definition) is 5. The fraction of sp³-hybridized carbons (Fsp3) is 0.226. The first-order valence-corrected chi connectivity index (χ1v) is 13.7. The summed E-state index contributed by atoms with van der Waals surface area (Å²) in [5, 5.41) is 5.26. The molecule has 0 aliphatic carbocycles. The quantitative estimate of drug-likeness (QED) is 0.275. The molecule has 2 bridgehead atoms. The molecule has 3 amide bonds. The number of rotatable bonds is 3. The van der Waals surface area contributed by atoms with Crippen molar-refractivity contribution in [2.75, 3.05) is 25.5 Å². The minimum absolute atomic E-state index is 0.208. The Balaban J connectivity index is 1.53. The van der Waals surface area contributed by atoms with E-state index in [2.05, 4.69) is 20.4 Å². The number of ether oxygens (including phenoxy) is 1. The summed E-state index contributed by atoms with van der Waals surface area (Å²) in [6.45, 7) is 0.578. The van der Waals surface area contributed by atoms with E-state index in [1.165, 1.54) is 13.2 Å². The molecule has 2 aliphatic heterocycles. The van der Waals surface area contributed by atoms with Crippen LogP contribution < -0.4 is 10.6 Å². The fourth-order valence-corrected chi connectivity index (χ4v) is 5.28. The molecule has 2 N–H and O–H groups in total. The minimum atomic E-state index is -0.893. The van der Waals surface area contributed by atoms with Crippen LogP contribution in [-0.2, 0) is 9.53 Å². The highest BCUT2D eigenvalue weighted by Crippen LogP contribution is 2.36. The Morgan fingerprint density at radius 3 is 2.74 bits per heavy atom. The molecule has 0 saturated carbocycles. The SMILES string of the molecule is COC(=O)Nc1ccc2c(c1)C(=O)NCC/C=C\C[C@H](N1CCC(c3c(F)ccc(Cl)c3F)=CC1=O)c1cc-2ccn1. The lowest BCUT2D eigenvalue weighted by Crippen LogP contribution is -2.37. The molecule has 0 unspecified atom stereocenters. The number of benzene rings is 2. The van der Waals surface area contributed by atoms with Gasteiger partial charge in [-0.2, -0.15) is 0 Å². The average Bonchev–Trinajstić information content (AvgIpc) is 2.99. The Hall–Kier alpha value is -4.57. The van der Waals surface area contributed by atoms with Crippen LogP contribution in [0.25, 0.3) is 16.7 Å². The average molecular weight is 593 g/mol. The molecule has 0 spiro atoms. The van der Waals surface area contributed by atoms with E-state index in [-0.39, 0.29) is 35.0 Å². The first-order valence-electron chi connectivity index (χ1n) is 13.3. The van der Waals surface area contributed by atoms with Crippen LogP contribution >= 0.6 is 11.6 Å². The number of amides is 3. The predicted molar refractivity (Wildman–Crippen MR) is 155 cm³/mol. The van der Waals surface area contributed by atoms with E-state index in [1.54, 1.807) is 35.4 Å². The Morgan fingerprint density at radius 1 is 1.12 bits per heavy atom. The van der Waals surface area contributed by atoms with Gasteiger partial charge in [0.15, 0.2) is 5.82 Å². The number of carbonyl (C=O) groups is 3. The first kappa shape index (κ1) is 28.9. The molecule has 3 heterocycles. The van der Waals surface area contributed by atoms with Gasteiger partial charge in [-0.25, -0.2) is 13.6 Å². The van der Waals surface area contributed by atoms with Gasteiger partial charge in [-0.3, -0.25) is 19.9 Å². The number of aromatic nitrogens is 1. The number of carbonyl (C=O) groups excluding carboxylic acids is 3. The highest BCUT2D eigenvalue weighted by Gasteiger charge is 2.30. The number of fused-ring (bicyclic) bond motifs is 4. The van der Waals surface area contributed by atoms with Crippen molar-refractivity contribution in [3.63, 3.8) is 0 Å². The summed E-state index contributed by atoms with van der Waals surface area (Å²) in [5.41, 5.74) is 2.56. The second-order valence-electron chi connectivity index (χ2n) is 9.78. The van der Waals surface area contributed by atoms with E-state index >= 15 is 0 Å². The third-order valence-corrected chi connectivity index (χ3v) is 7.49. The minimum Gasteiger partial charge on any atom is -0.453 e. The monoisotopic (exact) mass is 592 g/mol. The Kier molecular flexibility index (Phi) is 8.63. The maximum absolute atomic E-state index is 14.7. The molecule has 1 atom stereocenters. The van der Waals surface area contributed by atoms with Crippen molar-refractivity contribution in [3.05, 3.63) is 100 Å². The van der Waals surface area contributed by atoms with Crippen molar-refractivity contribution in [1.29, 1.82) is 0 Å². The number of halogens is 3. The lowest BCUT2D eigenvalue weighted by atomic mass is 9.94. The third kappa shape index (κ3) is 6.03. The molecule has 2 aromatic carbocycles. The van der Waals surface area contributed by atoms with E-state index in [9.17, 15) is 23.2 Å². The van der Waals surface area contributed by atoms with Gasteiger partial charge in [-0.15, -0.1) is 0 Å². The van der Waals surface area contributed by atoms with E-state index in [1.807, 2.05) is 18.2 Å². The van der Waals surface area contributed by atoms with Crippen molar-refractivity contribution < 1.29 is 27.9 Å². The molecule has 3 aromatic rings. The molecule has 11 heteroatoms. The zero-order valence-corrected chi connectivity index (χ0v) is 23.4. The molecule has 0 radical (unpaired) electrons. The summed E-state index contributed by atoms with van der Waals surface area (Å²) in [5.74, 6) is -2.39. The highest BCUT2D eigenvalue weighted by atomic mass is 35.5. The van der Waals surface area contributed by atoms with Crippen LogP contribution in [0.3, 0.4) is 0 Å². The number of nitrogens with one attached hydrogen (secondary N) is 2. The van der Waals surface area contributed by atoms with Crippen LogP contribution in [0.1, 0.15) is 46.9 Å². The second-order valence-corrected chi connectivity index (χ2v) is 10.2. The van der Waals surface area contributed by atoms with Gasteiger partial charge >= 0.3 is 6.09 Å². The van der Waals surface area contributed by atoms with Crippen molar-refractivity contribution in [3.8, 4) is 11.1 Å². The summed E-state index contributed by atoms with van der Waals surface area (Å²) >= 11 is 5.88.